The smallest absolute Gasteiger partial charge is 0.296 e. The van der Waals surface area contributed by atoms with Crippen LogP contribution in [0.25, 0.3) is 5.76 Å². The molecule has 1 aromatic carbocycles. The van der Waals surface area contributed by atoms with Crippen molar-refractivity contribution < 1.29 is 19.4 Å². The molecule has 0 saturated carbocycles. The minimum atomic E-state index is -0.823. The highest BCUT2D eigenvalue weighted by Gasteiger charge is 2.46. The normalized spacial score (nSPS) is 17.5. The number of aliphatic hydroxyl groups excluding tert-OH is 1. The number of carbonyl (C=O) groups excluding carboxylic acids is 2. The first-order chi connectivity index (χ1) is 15.6. The molecule has 4 rings (SSSR count). The lowest BCUT2D eigenvalue weighted by atomic mass is 9.98. The average molecular weight is 429 g/mol. The Labute approximate surface area is 186 Å². The quantitative estimate of drug-likeness (QED) is 0.348. The van der Waals surface area contributed by atoms with E-state index in [1.54, 1.807) is 67.1 Å². The van der Waals surface area contributed by atoms with Gasteiger partial charge < -0.3 is 14.7 Å². The molecule has 1 unspecified atom stereocenters. The zero-order valence-electron chi connectivity index (χ0n) is 17.6. The number of ketones is 1. The van der Waals surface area contributed by atoms with Crippen molar-refractivity contribution in [3.63, 3.8) is 0 Å². The Morgan fingerprint density at radius 3 is 2.69 bits per heavy atom. The molecule has 0 aliphatic carbocycles. The third-order valence-electron chi connectivity index (χ3n) is 5.16. The van der Waals surface area contributed by atoms with Crippen molar-refractivity contribution in [1.82, 2.24) is 14.9 Å². The molecular weight excluding hydrogens is 406 g/mol. The van der Waals surface area contributed by atoms with Gasteiger partial charge in [0.25, 0.3) is 11.7 Å². The Hall–Kier alpha value is -4.00. The van der Waals surface area contributed by atoms with Crippen LogP contribution in [-0.4, -0.2) is 38.3 Å². The Kier molecular flexibility index (Phi) is 6.26. The van der Waals surface area contributed by atoms with Gasteiger partial charge in [-0.2, -0.15) is 0 Å². The number of benzene rings is 1. The lowest BCUT2D eigenvalue weighted by molar-refractivity contribution is -0.140. The van der Waals surface area contributed by atoms with Crippen LogP contribution in [0, 0.1) is 0 Å². The van der Waals surface area contributed by atoms with Crippen LogP contribution in [0.5, 0.6) is 5.75 Å². The predicted molar refractivity (Wildman–Crippen MR) is 119 cm³/mol. The minimum Gasteiger partial charge on any atom is -0.507 e. The van der Waals surface area contributed by atoms with E-state index in [0.717, 1.165) is 12.0 Å². The van der Waals surface area contributed by atoms with E-state index >= 15 is 0 Å². The summed E-state index contributed by atoms with van der Waals surface area (Å²) in [6.07, 6.45) is 5.72. The summed E-state index contributed by atoms with van der Waals surface area (Å²) in [5, 5.41) is 11.2. The third-order valence-corrected chi connectivity index (χ3v) is 5.16. The van der Waals surface area contributed by atoms with Crippen LogP contribution in [0.15, 0.2) is 78.8 Å². The summed E-state index contributed by atoms with van der Waals surface area (Å²) in [5.74, 6) is -1.11. The van der Waals surface area contributed by atoms with E-state index in [1.165, 1.54) is 4.90 Å². The van der Waals surface area contributed by atoms with E-state index in [-0.39, 0.29) is 17.9 Å². The standard InChI is InChI=1S/C25H23N3O4/c1-2-13-32-19-9-5-8-18(14-19)23(29)21-22(20-10-3-4-12-27-20)28(25(31)24(21)30)16-17-7-6-11-26-15-17/h3-12,14-15,22,29H,2,13,16H2,1H3/b23-21-. The van der Waals surface area contributed by atoms with Crippen molar-refractivity contribution in [3.05, 3.63) is 95.6 Å². The minimum absolute atomic E-state index is 0.00484. The molecule has 162 valence electrons. The number of hydrogen-bond acceptors (Lipinski definition) is 6. The topological polar surface area (TPSA) is 92.6 Å². The molecule has 32 heavy (non-hydrogen) atoms. The largest absolute Gasteiger partial charge is 0.507 e. The zero-order valence-corrected chi connectivity index (χ0v) is 17.6. The fourth-order valence-electron chi connectivity index (χ4n) is 3.69. The number of nitrogens with zero attached hydrogens (tertiary/aromatic N) is 3. The van der Waals surface area contributed by atoms with Gasteiger partial charge in [0.1, 0.15) is 17.6 Å². The number of hydrogen-bond donors (Lipinski definition) is 1. The van der Waals surface area contributed by atoms with E-state index in [1.807, 2.05) is 13.0 Å². The summed E-state index contributed by atoms with van der Waals surface area (Å²) in [6.45, 7) is 2.70. The van der Waals surface area contributed by atoms with Crippen molar-refractivity contribution in [2.45, 2.75) is 25.9 Å². The first-order valence-electron chi connectivity index (χ1n) is 10.4. The molecule has 3 heterocycles. The molecule has 7 nitrogen and oxygen atoms in total. The van der Waals surface area contributed by atoms with Crippen LogP contribution < -0.4 is 4.74 Å². The molecule has 0 spiro atoms. The van der Waals surface area contributed by atoms with Crippen molar-refractivity contribution >= 4 is 17.4 Å². The molecule has 1 aliphatic heterocycles. The second kappa shape index (κ2) is 9.43. The number of aliphatic hydroxyl groups is 1. The lowest BCUT2D eigenvalue weighted by Gasteiger charge is -2.24. The van der Waals surface area contributed by atoms with Crippen LogP contribution in [0.4, 0.5) is 0 Å². The second-order valence-corrected chi connectivity index (χ2v) is 7.42. The lowest BCUT2D eigenvalue weighted by Crippen LogP contribution is -2.29. The van der Waals surface area contributed by atoms with E-state index in [2.05, 4.69) is 9.97 Å². The summed E-state index contributed by atoms with van der Waals surface area (Å²) in [7, 11) is 0. The predicted octanol–water partition coefficient (Wildman–Crippen LogP) is 3.89. The van der Waals surface area contributed by atoms with Crippen LogP contribution in [0.1, 0.15) is 36.2 Å². The van der Waals surface area contributed by atoms with Gasteiger partial charge in [0.2, 0.25) is 0 Å². The Morgan fingerprint density at radius 1 is 1.09 bits per heavy atom. The second-order valence-electron chi connectivity index (χ2n) is 7.42. The summed E-state index contributed by atoms with van der Waals surface area (Å²) in [5.41, 5.74) is 1.67. The van der Waals surface area contributed by atoms with Gasteiger partial charge >= 0.3 is 0 Å². The van der Waals surface area contributed by atoms with Gasteiger partial charge in [0, 0.05) is 30.7 Å². The number of amides is 1. The van der Waals surface area contributed by atoms with Gasteiger partial charge in [-0.1, -0.05) is 31.2 Å². The number of rotatable bonds is 7. The molecular formula is C25H23N3O4. The summed E-state index contributed by atoms with van der Waals surface area (Å²) in [4.78, 5) is 36.0. The molecule has 1 atom stereocenters. The molecule has 0 radical (unpaired) electrons. The highest BCUT2D eigenvalue weighted by Crippen LogP contribution is 2.39. The molecule has 7 heteroatoms. The maximum atomic E-state index is 13.1. The molecule has 2 aromatic heterocycles. The number of ether oxygens (including phenoxy) is 1. The van der Waals surface area contributed by atoms with Crippen molar-refractivity contribution in [2.24, 2.45) is 0 Å². The first kappa shape index (κ1) is 21.2. The first-order valence-corrected chi connectivity index (χ1v) is 10.4. The highest BCUT2D eigenvalue weighted by molar-refractivity contribution is 6.46. The SMILES string of the molecule is CCCOc1cccc(/C(O)=C2/C(=O)C(=O)N(Cc3cccnc3)C2c2ccccn2)c1. The molecule has 3 aromatic rings. The molecule has 1 N–H and O–H groups in total. The number of aromatic nitrogens is 2. The zero-order chi connectivity index (χ0) is 22.5. The van der Waals surface area contributed by atoms with E-state index in [4.69, 9.17) is 4.74 Å². The maximum Gasteiger partial charge on any atom is 0.296 e. The van der Waals surface area contributed by atoms with Gasteiger partial charge in [0.15, 0.2) is 0 Å². The molecule has 0 bridgehead atoms. The highest BCUT2D eigenvalue weighted by atomic mass is 16.5. The average Bonchev–Trinajstić information content (AvgIpc) is 3.08. The number of likely N-dealkylation sites (tertiary alicyclic amines) is 1. The summed E-state index contributed by atoms with van der Waals surface area (Å²) >= 11 is 0. The molecule has 1 saturated heterocycles. The van der Waals surface area contributed by atoms with E-state index in [9.17, 15) is 14.7 Å². The summed E-state index contributed by atoms with van der Waals surface area (Å²) in [6, 6.07) is 14.9. The van der Waals surface area contributed by atoms with Gasteiger partial charge in [0.05, 0.1) is 17.9 Å². The van der Waals surface area contributed by atoms with Gasteiger partial charge in [-0.3, -0.25) is 19.6 Å². The van der Waals surface area contributed by atoms with Crippen LogP contribution >= 0.6 is 0 Å². The van der Waals surface area contributed by atoms with Crippen molar-refractivity contribution in [2.75, 3.05) is 6.61 Å². The van der Waals surface area contributed by atoms with E-state index < -0.39 is 17.7 Å². The van der Waals surface area contributed by atoms with Gasteiger partial charge in [-0.25, -0.2) is 0 Å². The number of carbonyl (C=O) groups is 2. The van der Waals surface area contributed by atoms with E-state index in [0.29, 0.717) is 23.6 Å². The van der Waals surface area contributed by atoms with Crippen LogP contribution in [-0.2, 0) is 16.1 Å². The Bertz CT molecular complexity index is 1150. The number of pyridine rings is 2. The molecule has 1 amide bonds. The number of Topliss-reactive ketones (excluding diaryl/α,β-unsaturated/α-hetero) is 1. The third kappa shape index (κ3) is 4.23. The van der Waals surface area contributed by atoms with Gasteiger partial charge in [-0.05, 0) is 42.3 Å². The van der Waals surface area contributed by atoms with Crippen LogP contribution in [0.2, 0.25) is 0 Å². The maximum absolute atomic E-state index is 13.1. The monoisotopic (exact) mass is 429 g/mol. The fraction of sp³-hybridized carbons (Fsp3) is 0.200. The van der Waals surface area contributed by atoms with Crippen molar-refractivity contribution in [3.8, 4) is 5.75 Å². The Balaban J connectivity index is 1.80. The van der Waals surface area contributed by atoms with Gasteiger partial charge in [-0.15, -0.1) is 0 Å². The summed E-state index contributed by atoms with van der Waals surface area (Å²) < 4.78 is 5.65. The molecule has 1 fully saturated rings. The molecule has 1 aliphatic rings. The fourth-order valence-corrected chi connectivity index (χ4v) is 3.69. The Morgan fingerprint density at radius 2 is 1.97 bits per heavy atom. The van der Waals surface area contributed by atoms with Crippen LogP contribution in [0.3, 0.4) is 0 Å². The van der Waals surface area contributed by atoms with Crippen molar-refractivity contribution in [1.29, 1.82) is 0 Å².